The van der Waals surface area contributed by atoms with Crippen LogP contribution < -0.4 is 11.1 Å². The molecule has 0 saturated carbocycles. The molecule has 0 fully saturated rings. The number of fused-ring (bicyclic) bond motifs is 3. The molecule has 0 aliphatic heterocycles. The fraction of sp³-hybridized carbons (Fsp3) is 0.125. The lowest BCUT2D eigenvalue weighted by molar-refractivity contribution is 0.0997. The topological polar surface area (TPSA) is 130 Å². The number of nitrogens with two attached hydrogens (primary N) is 1. The molecule has 2 aromatic heterocycles. The van der Waals surface area contributed by atoms with E-state index in [1.165, 1.54) is 0 Å². The van der Waals surface area contributed by atoms with E-state index in [0.717, 1.165) is 28.9 Å². The minimum absolute atomic E-state index is 0.275. The lowest BCUT2D eigenvalue weighted by Gasteiger charge is -2.11. The van der Waals surface area contributed by atoms with Crippen molar-refractivity contribution in [2.24, 2.45) is 5.73 Å². The molecule has 5 N–H and O–H groups in total. The Morgan fingerprint density at radius 2 is 1.92 bits per heavy atom. The van der Waals surface area contributed by atoms with E-state index in [1.54, 1.807) is 30.5 Å². The van der Waals surface area contributed by atoms with Crippen molar-refractivity contribution in [3.63, 3.8) is 0 Å². The van der Waals surface area contributed by atoms with E-state index in [4.69, 9.17) is 5.73 Å². The molecule has 4 rings (SSSR count). The monoisotopic (exact) mass is 322 g/mol. The summed E-state index contributed by atoms with van der Waals surface area (Å²) in [6.45, 7) is 0. The first-order chi connectivity index (χ1) is 11.6. The van der Waals surface area contributed by atoms with Crippen LogP contribution in [0.1, 0.15) is 32.1 Å². The molecule has 24 heavy (non-hydrogen) atoms. The fourth-order valence-electron chi connectivity index (χ4n) is 2.89. The summed E-state index contributed by atoms with van der Waals surface area (Å²) in [4.78, 5) is 23.6. The van der Waals surface area contributed by atoms with Crippen molar-refractivity contribution < 1.29 is 9.59 Å². The zero-order valence-electron chi connectivity index (χ0n) is 12.6. The predicted molar refractivity (Wildman–Crippen MR) is 86.5 cm³/mol. The van der Waals surface area contributed by atoms with Gasteiger partial charge >= 0.3 is 0 Å². The number of hydrogen-bond acceptors (Lipinski definition) is 4. The van der Waals surface area contributed by atoms with Gasteiger partial charge in [0.05, 0.1) is 11.9 Å². The van der Waals surface area contributed by atoms with Gasteiger partial charge in [0, 0.05) is 28.1 Å². The number of nitrogens with one attached hydrogen (secondary N) is 3. The molecule has 8 nitrogen and oxygen atoms in total. The minimum Gasteiger partial charge on any atom is -0.366 e. The highest BCUT2D eigenvalue weighted by Gasteiger charge is 2.26. The molecule has 0 spiro atoms. The first-order valence-electron chi connectivity index (χ1n) is 7.44. The number of amides is 2. The van der Waals surface area contributed by atoms with E-state index < -0.39 is 5.91 Å². The summed E-state index contributed by atoms with van der Waals surface area (Å²) in [5.74, 6) is -0.783. The fourth-order valence-corrected chi connectivity index (χ4v) is 2.89. The van der Waals surface area contributed by atoms with Crippen LogP contribution in [0.4, 0.5) is 5.69 Å². The van der Waals surface area contributed by atoms with Gasteiger partial charge in [0.2, 0.25) is 5.91 Å². The van der Waals surface area contributed by atoms with E-state index in [2.05, 4.69) is 25.7 Å². The zero-order chi connectivity index (χ0) is 16.7. The Morgan fingerprint density at radius 1 is 1.12 bits per heavy atom. The van der Waals surface area contributed by atoms with Gasteiger partial charge in [-0.15, -0.1) is 0 Å². The van der Waals surface area contributed by atoms with Crippen LogP contribution in [-0.4, -0.2) is 32.2 Å². The maximum absolute atomic E-state index is 12.5. The number of aromatic nitrogens is 4. The third kappa shape index (κ3) is 2.24. The van der Waals surface area contributed by atoms with Gasteiger partial charge < -0.3 is 11.1 Å². The zero-order valence-corrected chi connectivity index (χ0v) is 12.6. The second-order valence-electron chi connectivity index (χ2n) is 5.58. The average Bonchev–Trinajstić information content (AvgIpc) is 3.21. The summed E-state index contributed by atoms with van der Waals surface area (Å²) in [6.07, 6.45) is 3.22. The molecule has 0 bridgehead atoms. The van der Waals surface area contributed by atoms with Gasteiger partial charge in [-0.25, -0.2) is 0 Å². The Morgan fingerprint density at radius 3 is 2.67 bits per heavy atom. The number of aryl methyl sites for hydroxylation is 1. The number of H-pyrrole nitrogens is 2. The highest BCUT2D eigenvalue weighted by molar-refractivity contribution is 6.05. The summed E-state index contributed by atoms with van der Waals surface area (Å²) in [5.41, 5.74) is 10.2. The second kappa shape index (κ2) is 5.34. The molecule has 1 aromatic carbocycles. The molecular weight excluding hydrogens is 308 g/mol. The Hall–Kier alpha value is -3.42. The largest absolute Gasteiger partial charge is 0.366 e. The van der Waals surface area contributed by atoms with Crippen LogP contribution in [0.5, 0.6) is 0 Å². The molecule has 3 aromatic rings. The number of rotatable bonds is 3. The summed E-state index contributed by atoms with van der Waals surface area (Å²) in [7, 11) is 0. The highest BCUT2D eigenvalue weighted by Crippen LogP contribution is 2.32. The number of carbonyl (C=O) groups is 2. The minimum atomic E-state index is -0.508. The van der Waals surface area contributed by atoms with Gasteiger partial charge in [0.25, 0.3) is 5.91 Å². The van der Waals surface area contributed by atoms with Crippen LogP contribution in [0.25, 0.3) is 11.3 Å². The Bertz CT molecular complexity index is 938. The van der Waals surface area contributed by atoms with Gasteiger partial charge in [-0.05, 0) is 37.1 Å². The van der Waals surface area contributed by atoms with Crippen molar-refractivity contribution in [2.75, 3.05) is 5.32 Å². The lowest BCUT2D eigenvalue weighted by atomic mass is 9.94. The second-order valence-corrected chi connectivity index (χ2v) is 5.58. The normalized spacial score (nSPS) is 12.3. The summed E-state index contributed by atoms with van der Waals surface area (Å²) in [6, 6.07) is 6.40. The number of anilines is 1. The SMILES string of the molecule is NC(=O)c1ccc(NC(=O)c2[nH]nc3c2CCc2[nH]ncc2-3)cc1. The van der Waals surface area contributed by atoms with Crippen LogP contribution >= 0.6 is 0 Å². The first-order valence-corrected chi connectivity index (χ1v) is 7.44. The van der Waals surface area contributed by atoms with Crippen molar-refractivity contribution >= 4 is 17.5 Å². The Balaban J connectivity index is 1.59. The van der Waals surface area contributed by atoms with E-state index in [0.29, 0.717) is 23.4 Å². The smallest absolute Gasteiger partial charge is 0.273 e. The van der Waals surface area contributed by atoms with Gasteiger partial charge in [0.15, 0.2) is 0 Å². The van der Waals surface area contributed by atoms with E-state index in [-0.39, 0.29) is 5.91 Å². The molecule has 0 atom stereocenters. The third-order valence-corrected chi connectivity index (χ3v) is 4.12. The molecule has 2 amide bonds. The summed E-state index contributed by atoms with van der Waals surface area (Å²) in [5, 5.41) is 16.9. The standard InChI is InChI=1S/C16H14N6O2/c17-15(23)8-1-3-9(4-2-8)19-16(24)14-10-5-6-12-11(7-18-20-12)13(10)21-22-14/h1-4,7H,5-6H2,(H2,17,23)(H,18,20)(H,19,24)(H,21,22). The molecule has 1 aliphatic carbocycles. The first kappa shape index (κ1) is 14.2. The van der Waals surface area contributed by atoms with Crippen LogP contribution in [-0.2, 0) is 12.8 Å². The number of nitrogens with zero attached hydrogens (tertiary/aromatic N) is 2. The number of benzene rings is 1. The van der Waals surface area contributed by atoms with Crippen molar-refractivity contribution in [2.45, 2.75) is 12.8 Å². The number of aromatic amines is 2. The van der Waals surface area contributed by atoms with E-state index in [9.17, 15) is 9.59 Å². The summed E-state index contributed by atoms with van der Waals surface area (Å²) >= 11 is 0. The Kier molecular flexibility index (Phi) is 3.16. The average molecular weight is 322 g/mol. The molecule has 2 heterocycles. The van der Waals surface area contributed by atoms with E-state index in [1.807, 2.05) is 0 Å². The molecule has 1 aliphatic rings. The van der Waals surface area contributed by atoms with Gasteiger partial charge in [-0.2, -0.15) is 10.2 Å². The van der Waals surface area contributed by atoms with Crippen LogP contribution in [0, 0.1) is 0 Å². The van der Waals surface area contributed by atoms with Crippen molar-refractivity contribution in [3.8, 4) is 11.3 Å². The number of hydrogen-bond donors (Lipinski definition) is 4. The number of carbonyl (C=O) groups excluding carboxylic acids is 2. The van der Waals surface area contributed by atoms with Gasteiger partial charge in [0.1, 0.15) is 5.69 Å². The van der Waals surface area contributed by atoms with Crippen molar-refractivity contribution in [1.29, 1.82) is 0 Å². The van der Waals surface area contributed by atoms with Crippen LogP contribution in [0.2, 0.25) is 0 Å². The van der Waals surface area contributed by atoms with E-state index >= 15 is 0 Å². The quantitative estimate of drug-likeness (QED) is 0.578. The molecule has 8 heteroatoms. The van der Waals surface area contributed by atoms with Crippen molar-refractivity contribution in [1.82, 2.24) is 20.4 Å². The van der Waals surface area contributed by atoms with Crippen molar-refractivity contribution in [3.05, 3.63) is 53.0 Å². The molecule has 120 valence electrons. The van der Waals surface area contributed by atoms with Gasteiger partial charge in [-0.1, -0.05) is 0 Å². The predicted octanol–water partition coefficient (Wildman–Crippen LogP) is 1.25. The number of primary amides is 1. The summed E-state index contributed by atoms with van der Waals surface area (Å²) < 4.78 is 0. The Labute approximate surface area is 136 Å². The molecule has 0 saturated heterocycles. The van der Waals surface area contributed by atoms with Crippen LogP contribution in [0.3, 0.4) is 0 Å². The maximum atomic E-state index is 12.5. The molecule has 0 unspecified atom stereocenters. The highest BCUT2D eigenvalue weighted by atomic mass is 16.2. The van der Waals surface area contributed by atoms with Gasteiger partial charge in [-0.3, -0.25) is 19.8 Å². The maximum Gasteiger partial charge on any atom is 0.273 e. The molecule has 0 radical (unpaired) electrons. The lowest BCUT2D eigenvalue weighted by Crippen LogP contribution is -2.16. The third-order valence-electron chi connectivity index (χ3n) is 4.12. The molecular formula is C16H14N6O2. The van der Waals surface area contributed by atoms with Crippen LogP contribution in [0.15, 0.2) is 30.5 Å².